The second kappa shape index (κ2) is 13.1. The molecule has 1 atom stereocenters. The molecule has 6 nitrogen and oxygen atoms in total. The molecule has 0 spiro atoms. The van der Waals surface area contributed by atoms with Crippen LogP contribution in [0.1, 0.15) is 73.4 Å². The largest absolute Gasteiger partial charge is 0.372 e. The lowest BCUT2D eigenvalue weighted by molar-refractivity contribution is -0.141. The second-order valence-electron chi connectivity index (χ2n) is 12.3. The second-order valence-corrected chi connectivity index (χ2v) is 12.7. The molecule has 1 aliphatic carbocycles. The van der Waals surface area contributed by atoms with E-state index < -0.39 is 0 Å². The SMILES string of the molecule is COC(OC)C1CCN(c2ccc(C3=C(c4ccccc4Cl)CCCc4c3ccc3c4cnn3C3CCCCO3)cc2)CC1. The fourth-order valence-corrected chi connectivity index (χ4v) is 7.86. The van der Waals surface area contributed by atoms with E-state index in [4.69, 9.17) is 30.9 Å². The van der Waals surface area contributed by atoms with E-state index in [1.54, 1.807) is 14.2 Å². The molecule has 0 amide bonds. The van der Waals surface area contributed by atoms with E-state index >= 15 is 0 Å². The van der Waals surface area contributed by atoms with E-state index in [2.05, 4.69) is 64.3 Å². The molecule has 0 saturated carbocycles. The average Bonchev–Trinajstić information content (AvgIpc) is 3.42. The molecule has 0 N–H and O–H groups in total. The van der Waals surface area contributed by atoms with Crippen molar-refractivity contribution in [3.05, 3.63) is 94.1 Å². The van der Waals surface area contributed by atoms with Gasteiger partial charge in [0.25, 0.3) is 0 Å². The molecule has 2 aliphatic heterocycles. The fraction of sp³-hybridized carbons (Fsp3) is 0.432. The summed E-state index contributed by atoms with van der Waals surface area (Å²) in [6.45, 7) is 2.80. The van der Waals surface area contributed by atoms with Gasteiger partial charge in [0.15, 0.2) is 12.5 Å². The van der Waals surface area contributed by atoms with Crippen LogP contribution in [0.3, 0.4) is 0 Å². The summed E-state index contributed by atoms with van der Waals surface area (Å²) >= 11 is 6.87. The molecule has 230 valence electrons. The molecule has 3 aliphatic rings. The minimum Gasteiger partial charge on any atom is -0.372 e. The van der Waals surface area contributed by atoms with Gasteiger partial charge in [0.05, 0.1) is 11.7 Å². The molecule has 0 bridgehead atoms. The smallest absolute Gasteiger partial charge is 0.159 e. The molecule has 3 aromatic carbocycles. The highest BCUT2D eigenvalue weighted by molar-refractivity contribution is 6.32. The maximum atomic E-state index is 6.87. The van der Waals surface area contributed by atoms with Crippen molar-refractivity contribution in [1.82, 2.24) is 9.78 Å². The highest BCUT2D eigenvalue weighted by Crippen LogP contribution is 2.44. The molecule has 44 heavy (non-hydrogen) atoms. The normalized spacial score (nSPS) is 19.9. The Bertz CT molecular complexity index is 1630. The molecule has 0 radical (unpaired) electrons. The summed E-state index contributed by atoms with van der Waals surface area (Å²) < 4.78 is 19.3. The molecule has 3 heterocycles. The van der Waals surface area contributed by atoms with Crippen molar-refractivity contribution in [2.75, 3.05) is 38.8 Å². The maximum Gasteiger partial charge on any atom is 0.159 e. The summed E-state index contributed by atoms with van der Waals surface area (Å²) in [6, 6.07) is 22.1. The first-order chi connectivity index (χ1) is 21.7. The van der Waals surface area contributed by atoms with Gasteiger partial charge < -0.3 is 19.1 Å². The number of hydrogen-bond acceptors (Lipinski definition) is 5. The molecule has 7 heteroatoms. The van der Waals surface area contributed by atoms with Gasteiger partial charge in [-0.25, -0.2) is 4.68 Å². The summed E-state index contributed by atoms with van der Waals surface area (Å²) in [5, 5.41) is 6.91. The third-order valence-electron chi connectivity index (χ3n) is 9.85. The van der Waals surface area contributed by atoms with Crippen LogP contribution in [0, 0.1) is 5.92 Å². The number of piperidine rings is 1. The standard InChI is InChI=1S/C37H42ClN3O3/c1-42-37(43-2)26-19-21-40(22-20-26)27-15-13-25(14-16-27)36-30(29-8-3-4-11-33(29)38)10-7-9-28-31(36)17-18-34-32(28)24-39-41(34)35-12-5-6-23-44-35/h3-4,8,11,13-18,24,26,35,37H,5-7,9-10,12,19-23H2,1-2H3. The first-order valence-electron chi connectivity index (χ1n) is 16.2. The monoisotopic (exact) mass is 611 g/mol. The lowest BCUT2D eigenvalue weighted by Gasteiger charge is -2.36. The van der Waals surface area contributed by atoms with Gasteiger partial charge in [0, 0.05) is 55.9 Å². The van der Waals surface area contributed by atoms with Gasteiger partial charge in [-0.2, -0.15) is 5.10 Å². The van der Waals surface area contributed by atoms with Crippen molar-refractivity contribution in [1.29, 1.82) is 0 Å². The quantitative estimate of drug-likeness (QED) is 0.196. The number of nitrogens with zero attached hydrogens (tertiary/aromatic N) is 3. The average molecular weight is 612 g/mol. The Morgan fingerprint density at radius 3 is 2.39 bits per heavy atom. The number of benzene rings is 3. The predicted molar refractivity (Wildman–Crippen MR) is 178 cm³/mol. The molecule has 2 saturated heterocycles. The lowest BCUT2D eigenvalue weighted by Crippen LogP contribution is -2.39. The number of aryl methyl sites for hydroxylation is 1. The van der Waals surface area contributed by atoms with Gasteiger partial charge in [-0.05, 0) is 109 Å². The van der Waals surface area contributed by atoms with Crippen LogP contribution in [0.15, 0.2) is 66.9 Å². The van der Waals surface area contributed by atoms with E-state index in [0.29, 0.717) is 5.92 Å². The summed E-state index contributed by atoms with van der Waals surface area (Å²) in [5.74, 6) is 0.428. The Morgan fingerprint density at radius 1 is 0.864 bits per heavy atom. The van der Waals surface area contributed by atoms with Crippen molar-refractivity contribution < 1.29 is 14.2 Å². The molecule has 1 aromatic heterocycles. The van der Waals surface area contributed by atoms with E-state index in [0.717, 1.165) is 75.2 Å². The lowest BCUT2D eigenvalue weighted by atomic mass is 9.87. The summed E-state index contributed by atoms with van der Waals surface area (Å²) in [4.78, 5) is 2.48. The van der Waals surface area contributed by atoms with Crippen molar-refractivity contribution >= 4 is 39.3 Å². The molecule has 4 aromatic rings. The Labute approximate surface area is 265 Å². The van der Waals surface area contributed by atoms with Crippen molar-refractivity contribution in [3.63, 3.8) is 0 Å². The fourth-order valence-electron chi connectivity index (χ4n) is 7.61. The third kappa shape index (κ3) is 5.58. The Kier molecular flexibility index (Phi) is 8.77. The predicted octanol–water partition coefficient (Wildman–Crippen LogP) is 8.52. The van der Waals surface area contributed by atoms with Crippen LogP contribution in [0.4, 0.5) is 5.69 Å². The van der Waals surface area contributed by atoms with Gasteiger partial charge in [0.2, 0.25) is 0 Å². The van der Waals surface area contributed by atoms with Gasteiger partial charge in [-0.3, -0.25) is 0 Å². The van der Waals surface area contributed by atoms with Crippen molar-refractivity contribution in [2.24, 2.45) is 5.92 Å². The number of rotatable bonds is 7. The minimum atomic E-state index is -0.126. The summed E-state index contributed by atoms with van der Waals surface area (Å²) in [7, 11) is 3.47. The number of halogens is 1. The number of hydrogen-bond donors (Lipinski definition) is 0. The zero-order valence-electron chi connectivity index (χ0n) is 25.8. The first kappa shape index (κ1) is 29.5. The molecular formula is C37H42ClN3O3. The summed E-state index contributed by atoms with van der Waals surface area (Å²) in [6.07, 6.45) is 10.4. The highest BCUT2D eigenvalue weighted by Gasteiger charge is 2.28. The third-order valence-corrected chi connectivity index (χ3v) is 10.2. The molecular weight excluding hydrogens is 570 g/mol. The molecule has 2 fully saturated rings. The van der Waals surface area contributed by atoms with E-state index in [1.807, 2.05) is 12.1 Å². The number of anilines is 1. The number of fused-ring (bicyclic) bond motifs is 3. The summed E-state index contributed by atoms with van der Waals surface area (Å²) in [5.41, 5.74) is 10.0. The Balaban J connectivity index is 1.28. The van der Waals surface area contributed by atoms with Gasteiger partial charge in [0.1, 0.15) is 0 Å². The number of aromatic nitrogens is 2. The number of allylic oxidation sites excluding steroid dienone is 1. The Hall–Kier alpha value is -3.16. The highest BCUT2D eigenvalue weighted by atomic mass is 35.5. The maximum absolute atomic E-state index is 6.87. The van der Waals surface area contributed by atoms with Crippen LogP contribution >= 0.6 is 11.6 Å². The zero-order chi connectivity index (χ0) is 30.0. The van der Waals surface area contributed by atoms with Gasteiger partial charge >= 0.3 is 0 Å². The van der Waals surface area contributed by atoms with Crippen molar-refractivity contribution in [2.45, 2.75) is 63.9 Å². The van der Waals surface area contributed by atoms with Crippen LogP contribution in [-0.4, -0.2) is 50.0 Å². The van der Waals surface area contributed by atoms with Crippen LogP contribution < -0.4 is 4.90 Å². The number of methoxy groups -OCH3 is 2. The van der Waals surface area contributed by atoms with Crippen LogP contribution in [0.2, 0.25) is 5.02 Å². The van der Waals surface area contributed by atoms with Crippen LogP contribution in [-0.2, 0) is 20.6 Å². The topological polar surface area (TPSA) is 48.8 Å². The zero-order valence-corrected chi connectivity index (χ0v) is 26.6. The van der Waals surface area contributed by atoms with Gasteiger partial charge in [-0.15, -0.1) is 0 Å². The number of ether oxygens (including phenoxy) is 3. The van der Waals surface area contributed by atoms with Crippen LogP contribution in [0.5, 0.6) is 0 Å². The van der Waals surface area contributed by atoms with E-state index in [1.165, 1.54) is 50.8 Å². The molecule has 1 unspecified atom stereocenters. The van der Waals surface area contributed by atoms with Crippen LogP contribution in [0.25, 0.3) is 22.0 Å². The first-order valence-corrected chi connectivity index (χ1v) is 16.5. The van der Waals surface area contributed by atoms with E-state index in [-0.39, 0.29) is 12.5 Å². The van der Waals surface area contributed by atoms with Gasteiger partial charge in [-0.1, -0.05) is 48.0 Å². The minimum absolute atomic E-state index is 0.0197. The Morgan fingerprint density at radius 2 is 1.66 bits per heavy atom. The van der Waals surface area contributed by atoms with Crippen molar-refractivity contribution in [3.8, 4) is 0 Å². The van der Waals surface area contributed by atoms with E-state index in [9.17, 15) is 0 Å². The molecule has 7 rings (SSSR count).